The molecule has 92 valence electrons. The van der Waals surface area contributed by atoms with E-state index in [1.54, 1.807) is 0 Å². The van der Waals surface area contributed by atoms with Crippen molar-refractivity contribution < 1.29 is 18.7 Å². The van der Waals surface area contributed by atoms with Crippen LogP contribution in [-0.2, 0) is 11.1 Å². The summed E-state index contributed by atoms with van der Waals surface area (Å²) in [5.74, 6) is -1.19. The Labute approximate surface area is 104 Å². The normalized spacial score (nSPS) is 12.1. The van der Waals surface area contributed by atoms with Gasteiger partial charge in [0, 0.05) is 6.20 Å². The third-order valence-corrected chi connectivity index (χ3v) is 2.79. The summed E-state index contributed by atoms with van der Waals surface area (Å²) in [4.78, 5) is 14.7. The van der Waals surface area contributed by atoms with Crippen molar-refractivity contribution in [3.05, 3.63) is 36.2 Å². The fraction of sp³-hybridized carbons (Fsp3) is 0. The van der Waals surface area contributed by atoms with Gasteiger partial charge >= 0.3 is 5.97 Å². The molecule has 0 aliphatic rings. The average Bonchev–Trinajstić information content (AvgIpc) is 2.39. The SMILES string of the molecule is O=C(O)c1ccc(-c2ncccc2S(=O)O)nn1. The molecule has 0 aliphatic heterocycles. The highest BCUT2D eigenvalue weighted by Crippen LogP contribution is 2.20. The van der Waals surface area contributed by atoms with Crippen molar-refractivity contribution in [2.24, 2.45) is 0 Å². The maximum atomic E-state index is 11.1. The molecule has 0 aliphatic carbocycles. The molecule has 8 heteroatoms. The fourth-order valence-corrected chi connectivity index (χ4v) is 1.81. The third kappa shape index (κ3) is 2.39. The summed E-state index contributed by atoms with van der Waals surface area (Å²) >= 11 is -2.20. The van der Waals surface area contributed by atoms with E-state index in [1.165, 1.54) is 30.5 Å². The van der Waals surface area contributed by atoms with Gasteiger partial charge in [-0.05, 0) is 24.3 Å². The van der Waals surface area contributed by atoms with Gasteiger partial charge in [-0.2, -0.15) is 0 Å². The molecule has 2 aromatic heterocycles. The van der Waals surface area contributed by atoms with Crippen LogP contribution < -0.4 is 0 Å². The summed E-state index contributed by atoms with van der Waals surface area (Å²) < 4.78 is 20.2. The van der Waals surface area contributed by atoms with Gasteiger partial charge in [0.1, 0.15) is 11.4 Å². The Morgan fingerprint density at radius 1 is 1.22 bits per heavy atom. The van der Waals surface area contributed by atoms with Crippen molar-refractivity contribution in [3.63, 3.8) is 0 Å². The van der Waals surface area contributed by atoms with E-state index in [9.17, 15) is 9.00 Å². The van der Waals surface area contributed by atoms with Gasteiger partial charge in [0.2, 0.25) is 0 Å². The van der Waals surface area contributed by atoms with Crippen molar-refractivity contribution in [1.29, 1.82) is 0 Å². The van der Waals surface area contributed by atoms with Gasteiger partial charge in [-0.15, -0.1) is 10.2 Å². The maximum absolute atomic E-state index is 11.1. The number of hydrogen-bond donors (Lipinski definition) is 2. The number of rotatable bonds is 3. The molecule has 2 rings (SSSR count). The van der Waals surface area contributed by atoms with Crippen molar-refractivity contribution in [1.82, 2.24) is 15.2 Å². The highest BCUT2D eigenvalue weighted by atomic mass is 32.2. The van der Waals surface area contributed by atoms with E-state index < -0.39 is 17.0 Å². The molecule has 0 aromatic carbocycles. The van der Waals surface area contributed by atoms with Crippen LogP contribution in [-0.4, -0.2) is 35.0 Å². The van der Waals surface area contributed by atoms with E-state index in [0.29, 0.717) is 0 Å². The minimum atomic E-state index is -2.20. The van der Waals surface area contributed by atoms with E-state index in [4.69, 9.17) is 9.66 Å². The third-order valence-electron chi connectivity index (χ3n) is 2.09. The van der Waals surface area contributed by atoms with Gasteiger partial charge in [0.15, 0.2) is 16.8 Å². The smallest absolute Gasteiger partial charge is 0.356 e. The van der Waals surface area contributed by atoms with Crippen LogP contribution in [0, 0.1) is 0 Å². The topological polar surface area (TPSA) is 113 Å². The standard InChI is InChI=1S/C10H7N3O4S/c14-10(15)7-4-3-6(12-13-7)9-8(18(16)17)2-1-5-11-9/h1-5H,(H,14,15)(H,16,17). The summed E-state index contributed by atoms with van der Waals surface area (Å²) in [6.45, 7) is 0. The van der Waals surface area contributed by atoms with Gasteiger partial charge in [0.05, 0.1) is 4.90 Å². The molecule has 1 atom stereocenters. The largest absolute Gasteiger partial charge is 0.476 e. The Morgan fingerprint density at radius 3 is 2.56 bits per heavy atom. The minimum absolute atomic E-state index is 0.0925. The first-order chi connectivity index (χ1) is 8.59. The van der Waals surface area contributed by atoms with Crippen molar-refractivity contribution in [2.75, 3.05) is 0 Å². The molecule has 7 nitrogen and oxygen atoms in total. The molecule has 0 fully saturated rings. The van der Waals surface area contributed by atoms with Crippen molar-refractivity contribution in [3.8, 4) is 11.4 Å². The summed E-state index contributed by atoms with van der Waals surface area (Å²) in [5.41, 5.74) is 0.224. The summed E-state index contributed by atoms with van der Waals surface area (Å²) in [7, 11) is 0. The number of carbonyl (C=O) groups is 1. The number of aromatic carboxylic acids is 1. The number of aromatic nitrogens is 3. The number of carboxylic acids is 1. The summed E-state index contributed by atoms with van der Waals surface area (Å²) in [6, 6.07) is 5.59. The lowest BCUT2D eigenvalue weighted by Crippen LogP contribution is -2.03. The van der Waals surface area contributed by atoms with E-state index >= 15 is 0 Å². The molecular weight excluding hydrogens is 258 g/mol. The van der Waals surface area contributed by atoms with Crippen LogP contribution in [0.1, 0.15) is 10.5 Å². The molecule has 0 bridgehead atoms. The van der Waals surface area contributed by atoms with Crippen LogP contribution in [0.2, 0.25) is 0 Å². The Morgan fingerprint density at radius 2 is 2.00 bits per heavy atom. The Kier molecular flexibility index (Phi) is 3.40. The van der Waals surface area contributed by atoms with Gasteiger partial charge < -0.3 is 9.66 Å². The van der Waals surface area contributed by atoms with Crippen LogP contribution in [0.5, 0.6) is 0 Å². The van der Waals surface area contributed by atoms with E-state index in [0.717, 1.165) is 0 Å². The lowest BCUT2D eigenvalue weighted by atomic mass is 10.2. The average molecular weight is 265 g/mol. The Balaban J connectivity index is 2.49. The lowest BCUT2D eigenvalue weighted by molar-refractivity contribution is 0.0689. The number of carboxylic acid groups (broad SMARTS) is 1. The molecule has 0 amide bonds. The van der Waals surface area contributed by atoms with E-state index in [1.807, 2.05) is 0 Å². The Hall–Kier alpha value is -2.19. The van der Waals surface area contributed by atoms with Gasteiger partial charge in [0.25, 0.3) is 0 Å². The molecule has 0 saturated heterocycles. The second-order valence-electron chi connectivity index (χ2n) is 3.21. The van der Waals surface area contributed by atoms with Crippen LogP contribution in [0.3, 0.4) is 0 Å². The van der Waals surface area contributed by atoms with E-state index in [-0.39, 0.29) is 22.0 Å². The zero-order chi connectivity index (χ0) is 13.1. The lowest BCUT2D eigenvalue weighted by Gasteiger charge is -2.03. The van der Waals surface area contributed by atoms with Crippen LogP contribution >= 0.6 is 0 Å². The fourth-order valence-electron chi connectivity index (χ4n) is 1.30. The number of hydrogen-bond acceptors (Lipinski definition) is 5. The van der Waals surface area contributed by atoms with Crippen LogP contribution in [0.15, 0.2) is 35.4 Å². The van der Waals surface area contributed by atoms with E-state index in [2.05, 4.69) is 15.2 Å². The summed E-state index contributed by atoms with van der Waals surface area (Å²) in [6.07, 6.45) is 1.44. The molecular formula is C10H7N3O4S. The van der Waals surface area contributed by atoms with Crippen LogP contribution in [0.4, 0.5) is 0 Å². The number of pyridine rings is 1. The highest BCUT2D eigenvalue weighted by Gasteiger charge is 2.13. The van der Waals surface area contributed by atoms with Crippen molar-refractivity contribution in [2.45, 2.75) is 4.90 Å². The van der Waals surface area contributed by atoms with Gasteiger partial charge in [-0.1, -0.05) is 0 Å². The molecule has 2 N–H and O–H groups in total. The quantitative estimate of drug-likeness (QED) is 0.789. The highest BCUT2D eigenvalue weighted by molar-refractivity contribution is 7.79. The molecule has 2 heterocycles. The molecule has 0 saturated carbocycles. The van der Waals surface area contributed by atoms with Crippen LogP contribution in [0.25, 0.3) is 11.4 Å². The predicted molar refractivity (Wildman–Crippen MR) is 61.3 cm³/mol. The summed E-state index contributed by atoms with van der Waals surface area (Å²) in [5, 5.41) is 15.8. The predicted octanol–water partition coefficient (Wildman–Crippen LogP) is 0.817. The molecule has 18 heavy (non-hydrogen) atoms. The second kappa shape index (κ2) is 4.98. The minimum Gasteiger partial charge on any atom is -0.476 e. The molecule has 1 unspecified atom stereocenters. The Bertz CT molecular complexity index is 615. The zero-order valence-corrected chi connectivity index (χ0v) is 9.66. The molecule has 2 aromatic rings. The first-order valence-corrected chi connectivity index (χ1v) is 5.83. The zero-order valence-electron chi connectivity index (χ0n) is 8.85. The number of nitrogens with zero attached hydrogens (tertiary/aromatic N) is 3. The second-order valence-corrected chi connectivity index (χ2v) is 4.15. The van der Waals surface area contributed by atoms with Gasteiger partial charge in [-0.25, -0.2) is 9.00 Å². The molecule has 0 radical (unpaired) electrons. The monoisotopic (exact) mass is 265 g/mol. The first kappa shape index (κ1) is 12.3. The first-order valence-electron chi connectivity index (χ1n) is 4.73. The van der Waals surface area contributed by atoms with Gasteiger partial charge in [-0.3, -0.25) is 4.98 Å². The molecule has 0 spiro atoms. The maximum Gasteiger partial charge on any atom is 0.356 e. The van der Waals surface area contributed by atoms with Crippen molar-refractivity contribution >= 4 is 17.0 Å².